The van der Waals surface area contributed by atoms with Crippen molar-refractivity contribution < 1.29 is 22.3 Å². The van der Waals surface area contributed by atoms with Crippen LogP contribution in [0.3, 0.4) is 0 Å². The Morgan fingerprint density at radius 2 is 1.96 bits per heavy atom. The number of hydrogen-bond acceptors (Lipinski definition) is 8. The summed E-state index contributed by atoms with van der Waals surface area (Å²) in [5, 5.41) is 3.43. The summed E-state index contributed by atoms with van der Waals surface area (Å²) in [5.41, 5.74) is 7.80. The summed E-state index contributed by atoms with van der Waals surface area (Å²) >= 11 is 0. The maximum absolute atomic E-state index is 17.1. The van der Waals surface area contributed by atoms with Crippen LogP contribution in [0.25, 0.3) is 32.9 Å². The fraction of sp³-hybridized carbons (Fsp3) is 0.432. The van der Waals surface area contributed by atoms with Crippen molar-refractivity contribution in [3.8, 4) is 29.6 Å². The molecule has 3 saturated heterocycles. The van der Waals surface area contributed by atoms with E-state index < -0.39 is 30.3 Å². The monoisotopic (exact) mass is 673 g/mol. The zero-order chi connectivity index (χ0) is 34.6. The molecule has 8 rings (SSSR count). The molecule has 4 atom stereocenters. The largest absolute Gasteiger partial charge is 0.461 e. The number of nitrogens with two attached hydrogens (primary N) is 1. The number of piperazine rings is 1. The van der Waals surface area contributed by atoms with Crippen LogP contribution in [-0.2, 0) is 6.42 Å². The second-order valence-corrected chi connectivity index (χ2v) is 13.1. The van der Waals surface area contributed by atoms with E-state index >= 15 is 8.78 Å². The van der Waals surface area contributed by atoms with E-state index in [1.807, 2.05) is 13.8 Å². The Labute approximate surface area is 282 Å². The third kappa shape index (κ3) is 5.53. The molecule has 0 spiro atoms. The number of hydrogen-bond donors (Lipinski definition) is 2. The van der Waals surface area contributed by atoms with Gasteiger partial charge in [-0.25, -0.2) is 22.5 Å². The summed E-state index contributed by atoms with van der Waals surface area (Å²) in [7, 11) is 0. The Hall–Kier alpha value is -4.47. The first kappa shape index (κ1) is 33.0. The summed E-state index contributed by atoms with van der Waals surface area (Å²) in [6, 6.07) is 5.08. The van der Waals surface area contributed by atoms with Gasteiger partial charge in [0, 0.05) is 23.2 Å². The third-order valence-electron chi connectivity index (χ3n) is 10.1. The van der Waals surface area contributed by atoms with Crippen molar-refractivity contribution in [2.75, 3.05) is 36.9 Å². The number of aryl methyl sites for hydroxylation is 1. The molecule has 3 fully saturated rings. The molecule has 3 N–H and O–H groups in total. The predicted octanol–water partition coefficient (Wildman–Crippen LogP) is 6.59. The van der Waals surface area contributed by atoms with Crippen molar-refractivity contribution in [1.82, 2.24) is 25.2 Å². The molecule has 2 aromatic heterocycles. The lowest BCUT2D eigenvalue weighted by Crippen LogP contribution is -2.60. The number of nitrogens with one attached hydrogen (secondary N) is 1. The van der Waals surface area contributed by atoms with Crippen LogP contribution in [0.15, 0.2) is 36.4 Å². The van der Waals surface area contributed by atoms with Gasteiger partial charge >= 0.3 is 6.01 Å². The van der Waals surface area contributed by atoms with Crippen molar-refractivity contribution in [2.24, 2.45) is 0 Å². The smallest absolute Gasteiger partial charge is 0.319 e. The number of nitrogen functional groups attached to an aromatic ring is 1. The molecule has 4 aliphatic rings. The minimum atomic E-state index is -1.68. The summed E-state index contributed by atoms with van der Waals surface area (Å²) in [6.45, 7) is 9.93. The van der Waals surface area contributed by atoms with E-state index in [4.69, 9.17) is 26.9 Å². The number of halogens is 4. The van der Waals surface area contributed by atoms with Crippen LogP contribution in [0.1, 0.15) is 57.2 Å². The van der Waals surface area contributed by atoms with Crippen LogP contribution in [-0.4, -0.2) is 70.3 Å². The lowest BCUT2D eigenvalue weighted by Gasteiger charge is -2.42. The topological polar surface area (TPSA) is 92.4 Å². The number of alkyl halides is 2. The molecule has 49 heavy (non-hydrogen) atoms. The number of aromatic nitrogens is 3. The summed E-state index contributed by atoms with van der Waals surface area (Å²) in [5.74, 6) is 1.10. The van der Waals surface area contributed by atoms with Gasteiger partial charge in [0.15, 0.2) is 18.4 Å². The number of ether oxygens (including phenoxy) is 1. The van der Waals surface area contributed by atoms with Gasteiger partial charge in [0.25, 0.3) is 0 Å². The van der Waals surface area contributed by atoms with Gasteiger partial charge in [0.2, 0.25) is 0 Å². The number of fused-ring (bicyclic) bond motifs is 4. The van der Waals surface area contributed by atoms with Crippen molar-refractivity contribution in [1.29, 1.82) is 0 Å². The zero-order valence-electron chi connectivity index (χ0n) is 27.6. The quantitative estimate of drug-likeness (QED) is 0.0825. The Morgan fingerprint density at radius 3 is 2.76 bits per heavy atom. The number of anilines is 2. The average Bonchev–Trinajstić information content (AvgIpc) is 3.60. The zero-order valence-corrected chi connectivity index (χ0v) is 27.6. The fourth-order valence-corrected chi connectivity index (χ4v) is 8.10. The van der Waals surface area contributed by atoms with E-state index in [-0.39, 0.29) is 58.2 Å². The van der Waals surface area contributed by atoms with Gasteiger partial charge < -0.3 is 15.4 Å². The van der Waals surface area contributed by atoms with E-state index in [9.17, 15) is 8.78 Å². The van der Waals surface area contributed by atoms with Crippen LogP contribution in [0, 0.1) is 24.0 Å². The van der Waals surface area contributed by atoms with Crippen molar-refractivity contribution >= 4 is 33.2 Å². The molecular weight excluding hydrogens is 634 g/mol. The molecule has 12 heteroatoms. The van der Waals surface area contributed by atoms with E-state index in [1.165, 1.54) is 18.2 Å². The van der Waals surface area contributed by atoms with Crippen LogP contribution >= 0.6 is 0 Å². The molecule has 0 aliphatic carbocycles. The highest BCUT2D eigenvalue weighted by atomic mass is 19.2. The highest BCUT2D eigenvalue weighted by molar-refractivity contribution is 6.04. The molecule has 6 heterocycles. The van der Waals surface area contributed by atoms with Gasteiger partial charge in [-0.05, 0) is 68.7 Å². The molecule has 2 aromatic carbocycles. The fourth-order valence-electron chi connectivity index (χ4n) is 8.10. The average molecular weight is 674 g/mol. The Kier molecular flexibility index (Phi) is 8.61. The van der Waals surface area contributed by atoms with Crippen molar-refractivity contribution in [3.63, 3.8) is 0 Å². The molecule has 4 aliphatic heterocycles. The molecule has 0 amide bonds. The van der Waals surface area contributed by atoms with E-state index in [1.54, 1.807) is 11.0 Å². The van der Waals surface area contributed by atoms with Crippen molar-refractivity contribution in [3.05, 3.63) is 59.3 Å². The standard InChI is InChI=1S/C35H33F4N7O.C2H6/c1-3-21-23(36)9-8-19-12-20(40)13-22(27(19)21)30-29(38)31-28-24(41-30)6-4-7-25-32(39)42-26(37)16-46(25)33(28)44-34(43-31)47-17-35-10-5-11-45(35)15-18(2)14-35;1-2/h1,8-9,12-13,25-26,32,42H,2,4-7,10-11,14-17,40H2;1-2H3. The predicted molar refractivity (Wildman–Crippen MR) is 184 cm³/mol. The number of rotatable bonds is 4. The molecule has 0 radical (unpaired) electrons. The van der Waals surface area contributed by atoms with Crippen LogP contribution in [0.4, 0.5) is 29.1 Å². The number of pyridine rings is 1. The molecule has 0 saturated carbocycles. The van der Waals surface area contributed by atoms with Gasteiger partial charge in [-0.2, -0.15) is 9.97 Å². The molecule has 0 bridgehead atoms. The number of nitrogens with zero attached hydrogens (tertiary/aromatic N) is 5. The lowest BCUT2D eigenvalue weighted by atomic mass is 9.94. The second-order valence-electron chi connectivity index (χ2n) is 13.1. The summed E-state index contributed by atoms with van der Waals surface area (Å²) in [4.78, 5) is 18.0. The highest BCUT2D eigenvalue weighted by Crippen LogP contribution is 2.43. The highest BCUT2D eigenvalue weighted by Gasteiger charge is 2.47. The lowest BCUT2D eigenvalue weighted by molar-refractivity contribution is 0.102. The second kappa shape index (κ2) is 12.8. The first-order valence-corrected chi connectivity index (χ1v) is 16.9. The van der Waals surface area contributed by atoms with Gasteiger partial charge in [-0.3, -0.25) is 10.2 Å². The Balaban J connectivity index is 0.00000186. The van der Waals surface area contributed by atoms with E-state index in [2.05, 4.69) is 27.7 Å². The first-order chi connectivity index (χ1) is 23.7. The summed E-state index contributed by atoms with van der Waals surface area (Å²) in [6.07, 6.45) is 6.26. The van der Waals surface area contributed by atoms with Crippen LogP contribution < -0.4 is 20.7 Å². The Bertz CT molecular complexity index is 2020. The third-order valence-corrected chi connectivity index (χ3v) is 10.1. The van der Waals surface area contributed by atoms with Gasteiger partial charge in [0.1, 0.15) is 29.5 Å². The number of terminal acetylenes is 1. The van der Waals surface area contributed by atoms with Crippen LogP contribution in [0.5, 0.6) is 6.01 Å². The molecule has 256 valence electrons. The van der Waals surface area contributed by atoms with Crippen LogP contribution in [0.2, 0.25) is 0 Å². The van der Waals surface area contributed by atoms with Gasteiger partial charge in [-0.1, -0.05) is 38.0 Å². The normalized spacial score (nSPS) is 24.9. The SMILES string of the molecule is C#Cc1c(F)ccc2cc(N)cc(-c3nc4c5c(nc(OCC67CCCN6CC(=C)C7)nc5c3F)N3CC(F)NC(F)C3CCC4)c12.CC. The van der Waals surface area contributed by atoms with Gasteiger partial charge in [0.05, 0.1) is 34.8 Å². The maximum atomic E-state index is 17.1. The first-order valence-electron chi connectivity index (χ1n) is 16.9. The van der Waals surface area contributed by atoms with E-state index in [0.29, 0.717) is 41.4 Å². The Morgan fingerprint density at radius 1 is 1.14 bits per heavy atom. The molecule has 4 aromatic rings. The molecule has 4 unspecified atom stereocenters. The molecule has 8 nitrogen and oxygen atoms in total. The van der Waals surface area contributed by atoms with Crippen molar-refractivity contribution in [2.45, 2.75) is 76.5 Å². The minimum Gasteiger partial charge on any atom is -0.461 e. The number of benzene rings is 2. The van der Waals surface area contributed by atoms with E-state index in [0.717, 1.165) is 37.9 Å². The minimum absolute atomic E-state index is 0.0426. The summed E-state index contributed by atoms with van der Waals surface area (Å²) < 4.78 is 68.5. The van der Waals surface area contributed by atoms with Gasteiger partial charge in [-0.15, -0.1) is 6.42 Å². The molecular formula is C37H39F4N7O. The maximum Gasteiger partial charge on any atom is 0.319 e.